The van der Waals surface area contributed by atoms with Gasteiger partial charge in [-0.3, -0.25) is 14.3 Å². The van der Waals surface area contributed by atoms with E-state index in [4.69, 9.17) is 0 Å². The molecule has 0 atom stereocenters. The van der Waals surface area contributed by atoms with Crippen molar-refractivity contribution in [1.82, 2.24) is 9.55 Å². The summed E-state index contributed by atoms with van der Waals surface area (Å²) in [6.45, 7) is 6.23. The highest BCUT2D eigenvalue weighted by Crippen LogP contribution is 2.31. The molecule has 0 bridgehead atoms. The summed E-state index contributed by atoms with van der Waals surface area (Å²) in [7, 11) is 0. The van der Waals surface area contributed by atoms with Gasteiger partial charge in [0.05, 0.1) is 16.9 Å². The first-order valence-corrected chi connectivity index (χ1v) is 10.3. The fraction of sp³-hybridized carbons (Fsp3) is 0.231. The highest BCUT2D eigenvalue weighted by molar-refractivity contribution is 5.87. The topological polar surface area (TPSA) is 34.9 Å². The maximum absolute atomic E-state index is 13.6. The minimum atomic E-state index is 0.0276. The van der Waals surface area contributed by atoms with E-state index in [2.05, 4.69) is 31.0 Å². The van der Waals surface area contributed by atoms with Crippen LogP contribution in [0.3, 0.4) is 0 Å². The van der Waals surface area contributed by atoms with Gasteiger partial charge in [0.2, 0.25) is 0 Å². The van der Waals surface area contributed by atoms with Crippen molar-refractivity contribution in [3.8, 4) is 16.9 Å². The molecule has 0 N–H and O–H groups in total. The second-order valence-corrected chi connectivity index (χ2v) is 7.54. The van der Waals surface area contributed by atoms with E-state index in [1.165, 1.54) is 5.56 Å². The van der Waals surface area contributed by atoms with Crippen LogP contribution >= 0.6 is 0 Å². The number of hydrogen-bond acceptors (Lipinski definition) is 2. The Kier molecular flexibility index (Phi) is 5.30. The Labute approximate surface area is 171 Å². The molecule has 0 aliphatic carbocycles. The fourth-order valence-electron chi connectivity index (χ4n) is 4.03. The highest BCUT2D eigenvalue weighted by atomic mass is 16.1. The number of rotatable bonds is 5. The van der Waals surface area contributed by atoms with E-state index in [1.54, 1.807) is 6.20 Å². The van der Waals surface area contributed by atoms with Gasteiger partial charge in [-0.05, 0) is 55.5 Å². The molecule has 0 saturated carbocycles. The number of hydrogen-bond donors (Lipinski definition) is 0. The summed E-state index contributed by atoms with van der Waals surface area (Å²) >= 11 is 0. The van der Waals surface area contributed by atoms with Crippen molar-refractivity contribution < 1.29 is 0 Å². The first-order chi connectivity index (χ1) is 14.1. The monoisotopic (exact) mass is 382 g/mol. The van der Waals surface area contributed by atoms with E-state index in [-0.39, 0.29) is 5.56 Å². The summed E-state index contributed by atoms with van der Waals surface area (Å²) < 4.78 is 1.89. The zero-order valence-corrected chi connectivity index (χ0v) is 17.3. The number of aromatic nitrogens is 2. The van der Waals surface area contributed by atoms with Crippen molar-refractivity contribution in [2.45, 2.75) is 40.0 Å². The molecule has 4 aromatic rings. The number of fused-ring (bicyclic) bond motifs is 1. The van der Waals surface area contributed by atoms with Crippen LogP contribution in [0.15, 0.2) is 71.7 Å². The van der Waals surface area contributed by atoms with Gasteiger partial charge >= 0.3 is 0 Å². The van der Waals surface area contributed by atoms with Crippen LogP contribution in [-0.2, 0) is 6.42 Å². The molecule has 3 heteroatoms. The smallest absolute Gasteiger partial charge is 0.258 e. The van der Waals surface area contributed by atoms with Gasteiger partial charge < -0.3 is 0 Å². The minimum Gasteiger partial charge on any atom is -0.274 e. The Hall–Kier alpha value is -3.20. The first-order valence-electron chi connectivity index (χ1n) is 10.3. The molecule has 0 aliphatic heterocycles. The van der Waals surface area contributed by atoms with Crippen molar-refractivity contribution in [3.63, 3.8) is 0 Å². The van der Waals surface area contributed by atoms with E-state index >= 15 is 0 Å². The lowest BCUT2D eigenvalue weighted by Crippen LogP contribution is -2.26. The average molecular weight is 383 g/mol. The van der Waals surface area contributed by atoms with Crippen molar-refractivity contribution in [3.05, 3.63) is 93.9 Å². The van der Waals surface area contributed by atoms with E-state index in [1.807, 2.05) is 60.0 Å². The Morgan fingerprint density at radius 2 is 1.66 bits per heavy atom. The lowest BCUT2D eigenvalue weighted by atomic mass is 9.93. The molecule has 0 saturated heterocycles. The Balaban J connectivity index is 2.16. The van der Waals surface area contributed by atoms with Gasteiger partial charge in [-0.2, -0.15) is 0 Å². The summed E-state index contributed by atoms with van der Waals surface area (Å²) in [4.78, 5) is 18.2. The Morgan fingerprint density at radius 1 is 0.897 bits per heavy atom. The van der Waals surface area contributed by atoms with Crippen LogP contribution in [-0.4, -0.2) is 9.55 Å². The molecule has 4 rings (SSSR count). The molecule has 0 radical (unpaired) electrons. The van der Waals surface area contributed by atoms with Gasteiger partial charge in [-0.15, -0.1) is 0 Å². The second kappa shape index (κ2) is 8.04. The number of benzene rings is 2. The maximum atomic E-state index is 13.6. The number of nitrogens with zero attached hydrogens (tertiary/aromatic N) is 2. The van der Waals surface area contributed by atoms with Crippen LogP contribution < -0.4 is 5.56 Å². The van der Waals surface area contributed by atoms with Crippen molar-refractivity contribution in [1.29, 1.82) is 0 Å². The molecule has 0 aliphatic rings. The van der Waals surface area contributed by atoms with Crippen LogP contribution in [0.25, 0.3) is 27.8 Å². The van der Waals surface area contributed by atoms with Crippen molar-refractivity contribution >= 4 is 10.9 Å². The van der Waals surface area contributed by atoms with Gasteiger partial charge in [-0.1, -0.05) is 61.9 Å². The van der Waals surface area contributed by atoms with Gasteiger partial charge in [0, 0.05) is 17.1 Å². The molecule has 29 heavy (non-hydrogen) atoms. The Bertz CT molecular complexity index is 1220. The fourth-order valence-corrected chi connectivity index (χ4v) is 4.03. The third-order valence-corrected chi connectivity index (χ3v) is 5.73. The summed E-state index contributed by atoms with van der Waals surface area (Å²) in [5.41, 5.74) is 6.93. The van der Waals surface area contributed by atoms with Crippen LogP contribution in [0.1, 0.15) is 36.5 Å². The lowest BCUT2D eigenvalue weighted by Gasteiger charge is -2.22. The van der Waals surface area contributed by atoms with Gasteiger partial charge in [0.25, 0.3) is 5.56 Å². The predicted molar refractivity (Wildman–Crippen MR) is 121 cm³/mol. The van der Waals surface area contributed by atoms with Crippen LogP contribution in [0.5, 0.6) is 0 Å². The van der Waals surface area contributed by atoms with Crippen molar-refractivity contribution in [2.24, 2.45) is 0 Å². The van der Waals surface area contributed by atoms with E-state index in [0.29, 0.717) is 0 Å². The molecular weight excluding hydrogens is 356 g/mol. The summed E-state index contributed by atoms with van der Waals surface area (Å²) in [6.07, 6.45) is 4.94. The molecule has 0 spiro atoms. The second-order valence-electron chi connectivity index (χ2n) is 7.54. The molecular formula is C26H26N2O. The normalized spacial score (nSPS) is 11.1. The Morgan fingerprint density at radius 3 is 2.41 bits per heavy atom. The third kappa shape index (κ3) is 3.38. The zero-order chi connectivity index (χ0) is 20.4. The quantitative estimate of drug-likeness (QED) is 0.423. The van der Waals surface area contributed by atoms with Gasteiger partial charge in [0.1, 0.15) is 0 Å². The standard InChI is InChI=1S/C26H26N2O/c1-4-5-15-22-18(2)19(3)26(29)28(25(22)21-11-7-6-8-12-21)23-16-9-13-20-14-10-17-27-24(20)23/h6-14,16-17H,4-5,15H2,1-3H3. The van der Waals surface area contributed by atoms with Gasteiger partial charge in [0.15, 0.2) is 0 Å². The van der Waals surface area contributed by atoms with Crippen molar-refractivity contribution in [2.75, 3.05) is 0 Å². The average Bonchev–Trinajstić information content (AvgIpc) is 2.77. The van der Waals surface area contributed by atoms with Crippen LogP contribution in [0, 0.1) is 13.8 Å². The lowest BCUT2D eigenvalue weighted by molar-refractivity contribution is 0.780. The zero-order valence-electron chi connectivity index (χ0n) is 17.3. The number of unbranched alkanes of at least 4 members (excludes halogenated alkanes) is 1. The molecule has 2 aromatic carbocycles. The maximum Gasteiger partial charge on any atom is 0.258 e. The van der Waals surface area contributed by atoms with Gasteiger partial charge in [-0.25, -0.2) is 0 Å². The summed E-state index contributed by atoms with van der Waals surface area (Å²) in [5, 5.41) is 1.03. The SMILES string of the molecule is CCCCc1c(C)c(C)c(=O)n(-c2cccc3cccnc23)c1-c1ccccc1. The minimum absolute atomic E-state index is 0.0276. The molecule has 2 aromatic heterocycles. The molecule has 3 nitrogen and oxygen atoms in total. The largest absolute Gasteiger partial charge is 0.274 e. The van der Waals surface area contributed by atoms with E-state index in [9.17, 15) is 4.79 Å². The third-order valence-electron chi connectivity index (χ3n) is 5.73. The number of pyridine rings is 2. The van der Waals surface area contributed by atoms with Crippen LogP contribution in [0.2, 0.25) is 0 Å². The summed E-state index contributed by atoms with van der Waals surface area (Å²) in [6, 6.07) is 20.3. The predicted octanol–water partition coefficient (Wildman–Crippen LogP) is 6.01. The van der Waals surface area contributed by atoms with E-state index in [0.717, 1.165) is 58.2 Å². The van der Waals surface area contributed by atoms with Crippen LogP contribution in [0.4, 0.5) is 0 Å². The molecule has 0 fully saturated rings. The molecule has 2 heterocycles. The molecule has 146 valence electrons. The summed E-state index contributed by atoms with van der Waals surface area (Å²) in [5.74, 6) is 0. The molecule has 0 unspecified atom stereocenters. The first kappa shape index (κ1) is 19.1. The highest BCUT2D eigenvalue weighted by Gasteiger charge is 2.20. The van der Waals surface area contributed by atoms with E-state index < -0.39 is 0 Å². The number of para-hydroxylation sites is 1. The molecule has 0 amide bonds.